The van der Waals surface area contributed by atoms with Gasteiger partial charge in [-0.3, -0.25) is 4.79 Å². The van der Waals surface area contributed by atoms with E-state index in [9.17, 15) is 14.7 Å². The van der Waals surface area contributed by atoms with Crippen molar-refractivity contribution >= 4 is 23.7 Å². The third-order valence-corrected chi connectivity index (χ3v) is 1.99. The van der Waals surface area contributed by atoms with Gasteiger partial charge in [0, 0.05) is 5.75 Å². The quantitative estimate of drug-likeness (QED) is 0.553. The Morgan fingerprint density at radius 1 is 1.42 bits per heavy atom. The van der Waals surface area contributed by atoms with Crippen molar-refractivity contribution in [3.05, 3.63) is 0 Å². The van der Waals surface area contributed by atoms with Gasteiger partial charge in [0.1, 0.15) is 0 Å². The number of thioether (sulfide) groups is 1. The molecule has 0 aliphatic heterocycles. The summed E-state index contributed by atoms with van der Waals surface area (Å²) in [6.45, 7) is 0. The summed E-state index contributed by atoms with van der Waals surface area (Å²) in [5.41, 5.74) is -2.15. The lowest BCUT2D eigenvalue weighted by molar-refractivity contribution is -0.162. The lowest BCUT2D eigenvalue weighted by atomic mass is 10.0. The second-order valence-electron chi connectivity index (χ2n) is 2.34. The first kappa shape index (κ1) is 11.2. The molecule has 5 nitrogen and oxygen atoms in total. The van der Waals surface area contributed by atoms with Crippen molar-refractivity contribution in [1.29, 1.82) is 0 Å². The van der Waals surface area contributed by atoms with E-state index in [0.29, 0.717) is 0 Å². The van der Waals surface area contributed by atoms with Crippen molar-refractivity contribution < 1.29 is 24.9 Å². The first-order valence-electron chi connectivity index (χ1n) is 3.09. The highest BCUT2D eigenvalue weighted by molar-refractivity contribution is 7.98. The summed E-state index contributed by atoms with van der Waals surface area (Å²) < 4.78 is 0. The number of carboxylic acids is 2. The van der Waals surface area contributed by atoms with Gasteiger partial charge in [-0.15, -0.1) is 0 Å². The smallest absolute Gasteiger partial charge is 0.337 e. The molecular weight excluding hydrogens is 184 g/mol. The van der Waals surface area contributed by atoms with Crippen LogP contribution in [0.25, 0.3) is 0 Å². The van der Waals surface area contributed by atoms with Gasteiger partial charge in [-0.05, 0) is 6.26 Å². The van der Waals surface area contributed by atoms with Crippen LogP contribution in [0.2, 0.25) is 0 Å². The fourth-order valence-electron chi connectivity index (χ4n) is 0.677. The van der Waals surface area contributed by atoms with E-state index in [1.165, 1.54) is 0 Å². The molecule has 0 bridgehead atoms. The Labute approximate surface area is 73.4 Å². The van der Waals surface area contributed by atoms with Gasteiger partial charge in [0.05, 0.1) is 6.42 Å². The normalized spacial score (nSPS) is 15.2. The van der Waals surface area contributed by atoms with Crippen molar-refractivity contribution in [3.8, 4) is 0 Å². The Hall–Kier alpha value is -0.750. The van der Waals surface area contributed by atoms with Crippen LogP contribution in [0.5, 0.6) is 0 Å². The molecule has 0 rings (SSSR count). The average Bonchev–Trinajstić information content (AvgIpc) is 1.85. The number of rotatable bonds is 5. The zero-order valence-corrected chi connectivity index (χ0v) is 7.30. The zero-order valence-electron chi connectivity index (χ0n) is 6.48. The highest BCUT2D eigenvalue weighted by Gasteiger charge is 2.37. The predicted octanol–water partition coefficient (Wildman–Crippen LogP) is -0.360. The van der Waals surface area contributed by atoms with Crippen LogP contribution in [0.15, 0.2) is 0 Å². The molecule has 0 aromatic rings. The molecule has 0 fully saturated rings. The van der Waals surface area contributed by atoms with Gasteiger partial charge >= 0.3 is 11.9 Å². The third kappa shape index (κ3) is 3.10. The lowest BCUT2D eigenvalue weighted by Crippen LogP contribution is -2.43. The van der Waals surface area contributed by atoms with Gasteiger partial charge in [-0.1, -0.05) is 0 Å². The molecule has 1 unspecified atom stereocenters. The van der Waals surface area contributed by atoms with E-state index in [2.05, 4.69) is 0 Å². The van der Waals surface area contributed by atoms with Crippen LogP contribution < -0.4 is 0 Å². The van der Waals surface area contributed by atoms with Crippen LogP contribution >= 0.6 is 11.8 Å². The minimum absolute atomic E-state index is 0.130. The molecule has 0 heterocycles. The van der Waals surface area contributed by atoms with Gasteiger partial charge in [0.15, 0.2) is 5.60 Å². The van der Waals surface area contributed by atoms with Crippen LogP contribution in [0.1, 0.15) is 6.42 Å². The minimum Gasteiger partial charge on any atom is -0.481 e. The SMILES string of the molecule is CSCC(O)(CC(=O)O)C(=O)O. The molecule has 12 heavy (non-hydrogen) atoms. The Morgan fingerprint density at radius 3 is 2.17 bits per heavy atom. The molecule has 0 aliphatic carbocycles. The summed E-state index contributed by atoms with van der Waals surface area (Å²) in [4.78, 5) is 20.6. The van der Waals surface area contributed by atoms with Gasteiger partial charge in [-0.25, -0.2) is 4.79 Å². The molecule has 0 radical (unpaired) electrons. The molecule has 0 aliphatic rings. The molecule has 0 spiro atoms. The van der Waals surface area contributed by atoms with Crippen molar-refractivity contribution in [2.45, 2.75) is 12.0 Å². The first-order valence-corrected chi connectivity index (χ1v) is 4.48. The predicted molar refractivity (Wildman–Crippen MR) is 43.2 cm³/mol. The zero-order chi connectivity index (χ0) is 9.78. The number of hydrogen-bond donors (Lipinski definition) is 3. The summed E-state index contributed by atoms with van der Waals surface area (Å²) in [5, 5.41) is 26.0. The van der Waals surface area contributed by atoms with E-state index < -0.39 is 24.0 Å². The fraction of sp³-hybridized carbons (Fsp3) is 0.667. The molecule has 70 valence electrons. The number of aliphatic carboxylic acids is 2. The summed E-state index contributed by atoms with van der Waals surface area (Å²) >= 11 is 1.08. The monoisotopic (exact) mass is 194 g/mol. The summed E-state index contributed by atoms with van der Waals surface area (Å²) in [6, 6.07) is 0. The molecule has 6 heteroatoms. The highest BCUT2D eigenvalue weighted by Crippen LogP contribution is 2.16. The molecule has 0 amide bonds. The van der Waals surface area contributed by atoms with Crippen LogP contribution in [-0.4, -0.2) is 44.9 Å². The molecule has 0 saturated heterocycles. The standard InChI is InChI=1S/C6H10O5S/c1-12-3-6(11,5(9)10)2-4(7)8/h11H,2-3H2,1H3,(H,7,8)(H,9,10). The topological polar surface area (TPSA) is 94.8 Å². The highest BCUT2D eigenvalue weighted by atomic mass is 32.2. The Kier molecular flexibility index (Phi) is 4.05. The molecule has 0 saturated carbocycles. The Morgan fingerprint density at radius 2 is 1.92 bits per heavy atom. The van der Waals surface area contributed by atoms with E-state index in [1.54, 1.807) is 6.26 Å². The molecule has 0 aromatic carbocycles. The summed E-state index contributed by atoms with van der Waals surface area (Å²) in [7, 11) is 0. The average molecular weight is 194 g/mol. The van der Waals surface area contributed by atoms with Crippen LogP contribution in [0.4, 0.5) is 0 Å². The van der Waals surface area contributed by atoms with Crippen molar-refractivity contribution in [2.24, 2.45) is 0 Å². The molecular formula is C6H10O5S. The Bertz CT molecular complexity index is 192. The maximum atomic E-state index is 10.4. The largest absolute Gasteiger partial charge is 0.481 e. The first-order chi connectivity index (χ1) is 5.42. The number of carboxylic acid groups (broad SMARTS) is 2. The number of carbonyl (C=O) groups is 2. The summed E-state index contributed by atoms with van der Waals surface area (Å²) in [6.07, 6.45) is 0.818. The van der Waals surface area contributed by atoms with Crippen molar-refractivity contribution in [3.63, 3.8) is 0 Å². The van der Waals surface area contributed by atoms with Crippen LogP contribution in [0, 0.1) is 0 Å². The molecule has 0 aromatic heterocycles. The van der Waals surface area contributed by atoms with E-state index >= 15 is 0 Å². The van der Waals surface area contributed by atoms with Gasteiger partial charge in [-0.2, -0.15) is 11.8 Å². The second kappa shape index (κ2) is 4.32. The second-order valence-corrected chi connectivity index (χ2v) is 3.21. The maximum Gasteiger partial charge on any atom is 0.337 e. The van der Waals surface area contributed by atoms with Gasteiger partial charge < -0.3 is 15.3 Å². The minimum atomic E-state index is -2.15. The van der Waals surface area contributed by atoms with E-state index in [1.807, 2.05) is 0 Å². The van der Waals surface area contributed by atoms with Crippen LogP contribution in [0.3, 0.4) is 0 Å². The van der Waals surface area contributed by atoms with Gasteiger partial charge in [0.25, 0.3) is 0 Å². The van der Waals surface area contributed by atoms with Crippen molar-refractivity contribution in [1.82, 2.24) is 0 Å². The summed E-state index contributed by atoms with van der Waals surface area (Å²) in [5.74, 6) is -2.96. The van der Waals surface area contributed by atoms with Crippen LogP contribution in [-0.2, 0) is 9.59 Å². The lowest BCUT2D eigenvalue weighted by Gasteiger charge is -2.19. The van der Waals surface area contributed by atoms with E-state index in [-0.39, 0.29) is 5.75 Å². The van der Waals surface area contributed by atoms with Gasteiger partial charge in [0.2, 0.25) is 0 Å². The number of hydrogen-bond acceptors (Lipinski definition) is 4. The number of aliphatic hydroxyl groups is 1. The molecule has 1 atom stereocenters. The fourth-order valence-corrected chi connectivity index (χ4v) is 1.38. The third-order valence-electron chi connectivity index (χ3n) is 1.22. The van der Waals surface area contributed by atoms with E-state index in [0.717, 1.165) is 11.8 Å². The van der Waals surface area contributed by atoms with E-state index in [4.69, 9.17) is 10.2 Å². The maximum absolute atomic E-state index is 10.4. The Balaban J connectivity index is 4.38. The van der Waals surface area contributed by atoms with Crippen molar-refractivity contribution in [2.75, 3.05) is 12.0 Å². The molecule has 3 N–H and O–H groups in total.